The molecule has 0 atom stereocenters. The van der Waals surface area contributed by atoms with Gasteiger partial charge in [-0.1, -0.05) is 0 Å². The summed E-state index contributed by atoms with van der Waals surface area (Å²) in [6, 6.07) is 3.07. The second-order valence-corrected chi connectivity index (χ2v) is 8.54. The summed E-state index contributed by atoms with van der Waals surface area (Å²) >= 11 is 0. The van der Waals surface area contributed by atoms with Crippen molar-refractivity contribution in [1.82, 2.24) is 14.1 Å². The van der Waals surface area contributed by atoms with Crippen LogP contribution >= 0.6 is 0 Å². The van der Waals surface area contributed by atoms with Crippen molar-refractivity contribution in [3.05, 3.63) is 41.2 Å². The Kier molecular flexibility index (Phi) is 6.30. The molecule has 1 aliphatic rings. The van der Waals surface area contributed by atoms with Crippen LogP contribution in [0.2, 0.25) is 0 Å². The van der Waals surface area contributed by atoms with Gasteiger partial charge in [-0.25, -0.2) is 17.2 Å². The number of morpholine rings is 1. The topological polar surface area (TPSA) is 93.5 Å². The second-order valence-electron chi connectivity index (χ2n) is 6.67. The van der Waals surface area contributed by atoms with Gasteiger partial charge in [0.1, 0.15) is 4.90 Å². The van der Waals surface area contributed by atoms with Crippen LogP contribution in [-0.2, 0) is 26.1 Å². The molecule has 3 rings (SSSR count). The van der Waals surface area contributed by atoms with E-state index in [0.717, 1.165) is 12.1 Å². The Bertz CT molecular complexity index is 1020. The van der Waals surface area contributed by atoms with Crippen LogP contribution in [0.3, 0.4) is 0 Å². The van der Waals surface area contributed by atoms with E-state index in [1.807, 2.05) is 0 Å². The molecule has 0 saturated carbocycles. The number of benzene rings is 1. The zero-order valence-corrected chi connectivity index (χ0v) is 16.9. The summed E-state index contributed by atoms with van der Waals surface area (Å²) in [6.45, 7) is 4.64. The molecule has 1 amide bonds. The number of nitrogens with one attached hydrogen (secondary N) is 1. The fourth-order valence-corrected chi connectivity index (χ4v) is 4.97. The first kappa shape index (κ1) is 21.3. The average Bonchev–Trinajstić information content (AvgIpc) is 2.97. The van der Waals surface area contributed by atoms with E-state index >= 15 is 0 Å². The number of sulfonamides is 1. The van der Waals surface area contributed by atoms with E-state index in [0.29, 0.717) is 24.6 Å². The van der Waals surface area contributed by atoms with Gasteiger partial charge in [-0.05, 0) is 26.0 Å². The summed E-state index contributed by atoms with van der Waals surface area (Å²) in [5, 5.41) is 6.74. The predicted octanol–water partition coefficient (Wildman–Crippen LogP) is 1.83. The normalized spacial score (nSPS) is 15.4. The van der Waals surface area contributed by atoms with Crippen LogP contribution in [0.25, 0.3) is 0 Å². The van der Waals surface area contributed by atoms with Gasteiger partial charge in [0.25, 0.3) is 0 Å². The minimum Gasteiger partial charge on any atom is -0.379 e. The summed E-state index contributed by atoms with van der Waals surface area (Å²) in [7, 11) is -3.71. The third-order valence-corrected chi connectivity index (χ3v) is 6.79. The molecule has 1 aliphatic heterocycles. The van der Waals surface area contributed by atoms with Crippen LogP contribution in [0.4, 0.5) is 14.5 Å². The van der Waals surface area contributed by atoms with Crippen molar-refractivity contribution in [2.75, 3.05) is 31.6 Å². The van der Waals surface area contributed by atoms with Gasteiger partial charge in [-0.2, -0.15) is 9.40 Å². The van der Waals surface area contributed by atoms with Crippen LogP contribution in [0, 0.1) is 25.5 Å². The van der Waals surface area contributed by atoms with Crippen molar-refractivity contribution in [3.63, 3.8) is 0 Å². The maximum Gasteiger partial charge on any atom is 0.246 e. The smallest absolute Gasteiger partial charge is 0.246 e. The van der Waals surface area contributed by atoms with Gasteiger partial charge in [0.05, 0.1) is 31.1 Å². The van der Waals surface area contributed by atoms with Crippen molar-refractivity contribution in [1.29, 1.82) is 0 Å². The number of aryl methyl sites for hydroxylation is 2. The van der Waals surface area contributed by atoms with E-state index in [-0.39, 0.29) is 36.6 Å². The molecule has 0 radical (unpaired) electrons. The number of hydrogen-bond acceptors (Lipinski definition) is 5. The highest BCUT2D eigenvalue weighted by Gasteiger charge is 2.32. The van der Waals surface area contributed by atoms with E-state index < -0.39 is 27.6 Å². The van der Waals surface area contributed by atoms with Crippen LogP contribution in [0.5, 0.6) is 0 Å². The lowest BCUT2D eigenvalue weighted by atomic mass is 10.3. The molecule has 0 spiro atoms. The molecule has 0 aliphatic carbocycles. The molecule has 1 N–H and O–H groups in total. The third-order valence-electron chi connectivity index (χ3n) is 4.64. The zero-order chi connectivity index (χ0) is 21.2. The maximum atomic E-state index is 13.2. The van der Waals surface area contributed by atoms with E-state index in [2.05, 4.69) is 10.4 Å². The zero-order valence-electron chi connectivity index (χ0n) is 16.1. The number of rotatable bonds is 6. The maximum absolute atomic E-state index is 13.2. The summed E-state index contributed by atoms with van der Waals surface area (Å²) in [6.07, 6.45) is -0.0159. The third kappa shape index (κ3) is 4.62. The highest BCUT2D eigenvalue weighted by molar-refractivity contribution is 7.89. The number of ether oxygens (including phenoxy) is 1. The van der Waals surface area contributed by atoms with Crippen LogP contribution < -0.4 is 5.32 Å². The number of nitrogens with zero attached hydrogens (tertiary/aromatic N) is 3. The van der Waals surface area contributed by atoms with Crippen molar-refractivity contribution in [2.45, 2.75) is 31.7 Å². The molecule has 11 heteroatoms. The molecule has 1 saturated heterocycles. The second kappa shape index (κ2) is 8.56. The number of anilines is 1. The van der Waals surface area contributed by atoms with E-state index in [9.17, 15) is 22.0 Å². The number of hydrogen-bond donors (Lipinski definition) is 1. The Morgan fingerprint density at radius 1 is 1.21 bits per heavy atom. The molecule has 1 fully saturated rings. The highest BCUT2D eigenvalue weighted by Crippen LogP contribution is 2.24. The van der Waals surface area contributed by atoms with Gasteiger partial charge < -0.3 is 10.1 Å². The molecule has 0 unspecified atom stereocenters. The SMILES string of the molecule is Cc1nn(CCC(=O)Nc2ccc(F)c(F)c2)c(C)c1S(=O)(=O)N1CCOCC1. The number of carbonyl (C=O) groups is 1. The first-order valence-corrected chi connectivity index (χ1v) is 10.5. The standard InChI is InChI=1S/C18H22F2N4O4S/c1-12-18(29(26,27)23-7-9-28-10-8-23)13(2)24(22-12)6-5-17(25)21-14-3-4-15(19)16(20)11-14/h3-4,11H,5-10H2,1-2H3,(H,21,25). The summed E-state index contributed by atoms with van der Waals surface area (Å²) < 4.78 is 60.1. The van der Waals surface area contributed by atoms with Crippen LogP contribution in [0.15, 0.2) is 23.1 Å². The lowest BCUT2D eigenvalue weighted by Gasteiger charge is -2.26. The molecule has 2 aromatic rings. The Morgan fingerprint density at radius 2 is 1.90 bits per heavy atom. The number of amides is 1. The number of carbonyl (C=O) groups excluding carboxylic acids is 1. The summed E-state index contributed by atoms with van der Waals surface area (Å²) in [5.41, 5.74) is 0.933. The van der Waals surface area contributed by atoms with Gasteiger partial charge >= 0.3 is 0 Å². The van der Waals surface area contributed by atoms with Crippen LogP contribution in [0.1, 0.15) is 17.8 Å². The number of aromatic nitrogens is 2. The molecule has 0 bridgehead atoms. The van der Waals surface area contributed by atoms with E-state index in [4.69, 9.17) is 4.74 Å². The van der Waals surface area contributed by atoms with Crippen molar-refractivity contribution >= 4 is 21.6 Å². The van der Waals surface area contributed by atoms with Crippen molar-refractivity contribution < 1.29 is 26.7 Å². The largest absolute Gasteiger partial charge is 0.379 e. The molecule has 1 aromatic carbocycles. The Labute approximate surface area is 167 Å². The van der Waals surface area contributed by atoms with Gasteiger partial charge in [-0.15, -0.1) is 0 Å². The molecule has 2 heterocycles. The van der Waals surface area contributed by atoms with Crippen molar-refractivity contribution in [3.8, 4) is 0 Å². The minimum atomic E-state index is -3.71. The monoisotopic (exact) mass is 428 g/mol. The first-order valence-electron chi connectivity index (χ1n) is 9.07. The first-order chi connectivity index (χ1) is 13.7. The average molecular weight is 428 g/mol. The van der Waals surface area contributed by atoms with E-state index in [1.54, 1.807) is 13.8 Å². The predicted molar refractivity (Wildman–Crippen MR) is 101 cm³/mol. The fraction of sp³-hybridized carbons (Fsp3) is 0.444. The Balaban J connectivity index is 1.69. The quantitative estimate of drug-likeness (QED) is 0.758. The van der Waals surface area contributed by atoms with Crippen molar-refractivity contribution in [2.24, 2.45) is 0 Å². The lowest BCUT2D eigenvalue weighted by Crippen LogP contribution is -2.41. The Hall–Kier alpha value is -2.37. The van der Waals surface area contributed by atoms with Crippen LogP contribution in [-0.4, -0.2) is 54.7 Å². The molecule has 1 aromatic heterocycles. The van der Waals surface area contributed by atoms with Gasteiger partial charge in [0.15, 0.2) is 11.6 Å². The van der Waals surface area contributed by atoms with Gasteiger partial charge in [0, 0.05) is 31.3 Å². The van der Waals surface area contributed by atoms with E-state index in [1.165, 1.54) is 15.1 Å². The Morgan fingerprint density at radius 3 is 2.55 bits per heavy atom. The van der Waals surface area contributed by atoms with Gasteiger partial charge in [0.2, 0.25) is 15.9 Å². The molecule has 158 valence electrons. The molecule has 8 nitrogen and oxygen atoms in total. The molecular weight excluding hydrogens is 406 g/mol. The highest BCUT2D eigenvalue weighted by atomic mass is 32.2. The van der Waals surface area contributed by atoms with Gasteiger partial charge in [-0.3, -0.25) is 9.48 Å². The lowest BCUT2D eigenvalue weighted by molar-refractivity contribution is -0.116. The fourth-order valence-electron chi connectivity index (χ4n) is 3.19. The number of halogens is 2. The minimum absolute atomic E-state index is 0.0159. The molecular formula is C18H22F2N4O4S. The summed E-state index contributed by atoms with van der Waals surface area (Å²) in [4.78, 5) is 12.3. The summed E-state index contributed by atoms with van der Waals surface area (Å²) in [5.74, 6) is -2.49. The molecule has 29 heavy (non-hydrogen) atoms.